The van der Waals surface area contributed by atoms with E-state index in [1.54, 1.807) is 0 Å². The SMILES string of the molecule is CC(C)C(C)(C)CNC(=O)c1cc(F)ccc1C#CCN. The fourth-order valence-corrected chi connectivity index (χ4v) is 1.57. The van der Waals surface area contributed by atoms with Gasteiger partial charge < -0.3 is 11.1 Å². The first-order valence-electron chi connectivity index (χ1n) is 7.04. The first-order valence-corrected chi connectivity index (χ1v) is 7.04. The van der Waals surface area contributed by atoms with Crippen LogP contribution >= 0.6 is 0 Å². The van der Waals surface area contributed by atoms with Crippen LogP contribution in [0.15, 0.2) is 18.2 Å². The van der Waals surface area contributed by atoms with Crippen LogP contribution in [0, 0.1) is 29.0 Å². The van der Waals surface area contributed by atoms with Crippen LogP contribution in [0.2, 0.25) is 0 Å². The average Bonchev–Trinajstić information content (AvgIpc) is 2.43. The topological polar surface area (TPSA) is 55.1 Å². The van der Waals surface area contributed by atoms with E-state index in [2.05, 4.69) is 44.9 Å². The Kier molecular flexibility index (Phi) is 5.92. The van der Waals surface area contributed by atoms with Crippen LogP contribution in [0.1, 0.15) is 43.6 Å². The lowest BCUT2D eigenvalue weighted by atomic mass is 9.81. The highest BCUT2D eigenvalue weighted by Gasteiger charge is 2.23. The molecule has 3 nitrogen and oxygen atoms in total. The molecule has 114 valence electrons. The Morgan fingerprint density at radius 2 is 2.10 bits per heavy atom. The zero-order valence-corrected chi connectivity index (χ0v) is 13.1. The number of halogens is 1. The lowest BCUT2D eigenvalue weighted by molar-refractivity contribution is 0.0924. The summed E-state index contributed by atoms with van der Waals surface area (Å²) in [4.78, 5) is 12.3. The maximum Gasteiger partial charge on any atom is 0.252 e. The smallest absolute Gasteiger partial charge is 0.252 e. The first kappa shape index (κ1) is 17.2. The Hall–Kier alpha value is -1.86. The molecule has 0 aromatic heterocycles. The van der Waals surface area contributed by atoms with Crippen molar-refractivity contribution in [2.45, 2.75) is 27.7 Å². The summed E-state index contributed by atoms with van der Waals surface area (Å²) in [6.45, 7) is 9.08. The molecule has 0 aliphatic rings. The first-order chi connectivity index (χ1) is 9.77. The highest BCUT2D eigenvalue weighted by Crippen LogP contribution is 2.24. The highest BCUT2D eigenvalue weighted by molar-refractivity contribution is 5.96. The minimum Gasteiger partial charge on any atom is -0.351 e. The predicted molar refractivity (Wildman–Crippen MR) is 83.3 cm³/mol. The van der Waals surface area contributed by atoms with Gasteiger partial charge >= 0.3 is 0 Å². The number of carbonyl (C=O) groups excluding carboxylic acids is 1. The quantitative estimate of drug-likeness (QED) is 0.837. The van der Waals surface area contributed by atoms with E-state index >= 15 is 0 Å². The van der Waals surface area contributed by atoms with Crippen molar-refractivity contribution in [1.82, 2.24) is 5.32 Å². The van der Waals surface area contributed by atoms with Crippen molar-refractivity contribution in [3.63, 3.8) is 0 Å². The Labute approximate surface area is 126 Å². The van der Waals surface area contributed by atoms with Gasteiger partial charge in [-0.2, -0.15) is 0 Å². The molecule has 0 bridgehead atoms. The van der Waals surface area contributed by atoms with Crippen molar-refractivity contribution in [1.29, 1.82) is 0 Å². The second-order valence-corrected chi connectivity index (χ2v) is 6.02. The second-order valence-electron chi connectivity index (χ2n) is 6.02. The molecule has 0 atom stereocenters. The monoisotopic (exact) mass is 290 g/mol. The Balaban J connectivity index is 2.94. The van der Waals surface area contributed by atoms with Crippen molar-refractivity contribution in [3.05, 3.63) is 35.1 Å². The molecule has 4 heteroatoms. The lowest BCUT2D eigenvalue weighted by Crippen LogP contribution is -2.37. The van der Waals surface area contributed by atoms with Crippen molar-refractivity contribution in [3.8, 4) is 11.8 Å². The Morgan fingerprint density at radius 3 is 2.67 bits per heavy atom. The summed E-state index contributed by atoms with van der Waals surface area (Å²) in [6.07, 6.45) is 0. The molecule has 0 unspecified atom stereocenters. The maximum atomic E-state index is 13.4. The molecule has 1 rings (SSSR count). The Bertz CT molecular complexity index is 568. The molecule has 1 aromatic carbocycles. The summed E-state index contributed by atoms with van der Waals surface area (Å²) in [5.41, 5.74) is 6.03. The normalized spacial score (nSPS) is 11.0. The van der Waals surface area contributed by atoms with Crippen molar-refractivity contribution in [2.75, 3.05) is 13.1 Å². The molecular weight excluding hydrogens is 267 g/mol. The van der Waals surface area contributed by atoms with Gasteiger partial charge in [0.05, 0.1) is 12.1 Å². The van der Waals surface area contributed by atoms with Gasteiger partial charge in [0, 0.05) is 12.1 Å². The largest absolute Gasteiger partial charge is 0.351 e. The summed E-state index contributed by atoms with van der Waals surface area (Å²) in [5.74, 6) is 5.13. The zero-order chi connectivity index (χ0) is 16.0. The van der Waals surface area contributed by atoms with Gasteiger partial charge in [0.1, 0.15) is 5.82 Å². The number of hydrogen-bond acceptors (Lipinski definition) is 2. The molecule has 0 aliphatic heterocycles. The summed E-state index contributed by atoms with van der Waals surface area (Å²) >= 11 is 0. The number of nitrogens with one attached hydrogen (secondary N) is 1. The van der Waals surface area contributed by atoms with Crippen molar-refractivity contribution < 1.29 is 9.18 Å². The lowest BCUT2D eigenvalue weighted by Gasteiger charge is -2.29. The predicted octanol–water partition coefficient (Wildman–Crippen LogP) is 2.55. The van der Waals surface area contributed by atoms with Gasteiger partial charge in [0.2, 0.25) is 0 Å². The number of amides is 1. The zero-order valence-electron chi connectivity index (χ0n) is 13.1. The van der Waals surface area contributed by atoms with E-state index in [0.29, 0.717) is 18.0 Å². The number of nitrogens with two attached hydrogens (primary N) is 1. The van der Waals surface area contributed by atoms with E-state index in [4.69, 9.17) is 5.73 Å². The molecule has 3 N–H and O–H groups in total. The molecule has 1 aromatic rings. The van der Waals surface area contributed by atoms with Crippen molar-refractivity contribution >= 4 is 5.91 Å². The number of hydrogen-bond donors (Lipinski definition) is 2. The minimum absolute atomic E-state index is 0.0356. The van der Waals surface area contributed by atoms with Crippen LogP contribution < -0.4 is 11.1 Å². The molecule has 21 heavy (non-hydrogen) atoms. The van der Waals surface area contributed by atoms with E-state index in [-0.39, 0.29) is 23.4 Å². The van der Waals surface area contributed by atoms with Gasteiger partial charge in [-0.1, -0.05) is 39.5 Å². The van der Waals surface area contributed by atoms with Gasteiger partial charge in [-0.05, 0) is 29.5 Å². The van der Waals surface area contributed by atoms with E-state index < -0.39 is 5.82 Å². The standard InChI is InChI=1S/C17H23FN2O/c1-12(2)17(3,4)11-20-16(21)15-10-14(18)8-7-13(15)6-5-9-19/h7-8,10,12H,9,11,19H2,1-4H3,(H,20,21). The number of benzene rings is 1. The molecule has 0 spiro atoms. The summed E-state index contributed by atoms with van der Waals surface area (Å²) in [7, 11) is 0. The second kappa shape index (κ2) is 7.24. The fraction of sp³-hybridized carbons (Fsp3) is 0.471. The van der Waals surface area contributed by atoms with Crippen LogP contribution in [-0.2, 0) is 0 Å². The Morgan fingerprint density at radius 1 is 1.43 bits per heavy atom. The number of carbonyl (C=O) groups is 1. The highest BCUT2D eigenvalue weighted by atomic mass is 19.1. The molecule has 1 amide bonds. The molecule has 0 saturated heterocycles. The van der Waals surface area contributed by atoms with Gasteiger partial charge in [-0.15, -0.1) is 0 Å². The molecule has 0 radical (unpaired) electrons. The van der Waals surface area contributed by atoms with Gasteiger partial charge in [-0.3, -0.25) is 4.79 Å². The van der Waals surface area contributed by atoms with Crippen LogP contribution in [0.3, 0.4) is 0 Å². The van der Waals surface area contributed by atoms with Crippen LogP contribution in [-0.4, -0.2) is 19.0 Å². The molecule has 0 aliphatic carbocycles. The summed E-state index contributed by atoms with van der Waals surface area (Å²) in [5, 5.41) is 2.86. The van der Waals surface area contributed by atoms with Gasteiger partial charge in [-0.25, -0.2) is 4.39 Å². The van der Waals surface area contributed by atoms with E-state index in [9.17, 15) is 9.18 Å². The van der Waals surface area contributed by atoms with Crippen LogP contribution in [0.4, 0.5) is 4.39 Å². The van der Waals surface area contributed by atoms with E-state index in [1.165, 1.54) is 18.2 Å². The molecule has 0 heterocycles. The third-order valence-electron chi connectivity index (χ3n) is 3.82. The van der Waals surface area contributed by atoms with E-state index in [1.807, 2.05) is 0 Å². The summed E-state index contributed by atoms with van der Waals surface area (Å²) in [6, 6.07) is 3.99. The van der Waals surface area contributed by atoms with Crippen LogP contribution in [0.25, 0.3) is 0 Å². The average molecular weight is 290 g/mol. The fourth-order valence-electron chi connectivity index (χ4n) is 1.57. The third-order valence-corrected chi connectivity index (χ3v) is 3.82. The third kappa shape index (κ3) is 4.87. The summed E-state index contributed by atoms with van der Waals surface area (Å²) < 4.78 is 13.4. The van der Waals surface area contributed by atoms with Gasteiger partial charge in [0.15, 0.2) is 0 Å². The number of rotatable bonds is 4. The van der Waals surface area contributed by atoms with Crippen LogP contribution in [0.5, 0.6) is 0 Å². The van der Waals surface area contributed by atoms with E-state index in [0.717, 1.165) is 0 Å². The minimum atomic E-state index is -0.457. The molecular formula is C17H23FN2O. The molecule has 0 fully saturated rings. The van der Waals surface area contributed by atoms with Crippen molar-refractivity contribution in [2.24, 2.45) is 17.1 Å². The van der Waals surface area contributed by atoms with Gasteiger partial charge in [0.25, 0.3) is 5.91 Å². The maximum absolute atomic E-state index is 13.4. The molecule has 0 saturated carbocycles.